The predicted octanol–water partition coefficient (Wildman–Crippen LogP) is -0.157. The van der Waals surface area contributed by atoms with E-state index in [0.717, 1.165) is 0 Å². The van der Waals surface area contributed by atoms with E-state index < -0.39 is 24.4 Å². The van der Waals surface area contributed by atoms with Crippen molar-refractivity contribution in [1.29, 1.82) is 0 Å². The molecule has 0 aromatic heterocycles. The Morgan fingerprint density at radius 3 is 2.72 bits per heavy atom. The fourth-order valence-electron chi connectivity index (χ4n) is 3.12. The Balaban J connectivity index is 1.92. The van der Waals surface area contributed by atoms with Gasteiger partial charge in [-0.15, -0.1) is 0 Å². The molecule has 137 valence electrons. The summed E-state index contributed by atoms with van der Waals surface area (Å²) in [6.45, 7) is -1.43. The zero-order valence-electron chi connectivity index (χ0n) is 14.7. The number of rotatable bonds is 9. The first-order valence-electron chi connectivity index (χ1n) is 8.04. The van der Waals surface area contributed by atoms with E-state index in [1.807, 2.05) is 0 Å². The van der Waals surface area contributed by atoms with Crippen LogP contribution in [0.3, 0.4) is 0 Å². The minimum absolute atomic E-state index is 0.0389. The topological polar surface area (TPSA) is 75.6 Å². The summed E-state index contributed by atoms with van der Waals surface area (Å²) in [4.78, 5) is 10.4. The fraction of sp³-hybridized carbons (Fsp3) is 1.00. The molecule has 2 fully saturated rings. The molecule has 2 aliphatic rings. The SMILES string of the molecule is [B][B][C@H]1CC(OC)[C@@H](COP(O)(=S)OC2C[C@H]([B])O[C@]2(C)COC)O1. The molecular weight excluding hydrogens is 364 g/mol. The van der Waals surface area contributed by atoms with Gasteiger partial charge in [0.1, 0.15) is 19.6 Å². The van der Waals surface area contributed by atoms with Crippen LogP contribution in [-0.4, -0.2) is 91.0 Å². The standard InChI is InChI=1S/C13H23B3O7PS/c1-13(7-18-2)10(5-11(14)22-13)23-24(17,25)20-6-9-8(19-3)4-12(16-15)21-9/h8-12H,4-7H2,1-3H3,(H,17,25)/t8?,9-,10?,11-,12-,13-,24?/m1/s1. The first-order valence-corrected chi connectivity index (χ1v) is 10.6. The number of methoxy groups -OCH3 is 2. The minimum atomic E-state index is -3.52. The van der Waals surface area contributed by atoms with Crippen molar-refractivity contribution in [3.05, 3.63) is 0 Å². The van der Waals surface area contributed by atoms with E-state index in [2.05, 4.69) is 0 Å². The molecule has 0 amide bonds. The van der Waals surface area contributed by atoms with Crippen LogP contribution in [0, 0.1) is 0 Å². The molecular formula is C13H23B3O7PS. The molecule has 25 heavy (non-hydrogen) atoms. The van der Waals surface area contributed by atoms with Crippen LogP contribution in [-0.2, 0) is 39.8 Å². The Bertz CT molecular complexity index is 491. The maximum atomic E-state index is 10.4. The second-order valence-corrected chi connectivity index (χ2v) is 9.20. The van der Waals surface area contributed by atoms with E-state index in [0.29, 0.717) is 12.8 Å². The molecule has 12 heteroatoms. The molecule has 2 saturated heterocycles. The van der Waals surface area contributed by atoms with Gasteiger partial charge >= 0.3 is 6.72 Å². The summed E-state index contributed by atoms with van der Waals surface area (Å²) >= 11 is 5.13. The monoisotopic (exact) mass is 387 g/mol. The second-order valence-electron chi connectivity index (χ2n) is 6.41. The van der Waals surface area contributed by atoms with Crippen LogP contribution in [0.2, 0.25) is 0 Å². The summed E-state index contributed by atoms with van der Waals surface area (Å²) in [5, 5.41) is 0. The molecule has 0 aromatic rings. The van der Waals surface area contributed by atoms with Gasteiger partial charge in [-0.3, -0.25) is 0 Å². The van der Waals surface area contributed by atoms with Gasteiger partial charge in [0.15, 0.2) is 0 Å². The summed E-state index contributed by atoms with van der Waals surface area (Å²) in [7, 11) is 15.9. The van der Waals surface area contributed by atoms with E-state index in [4.69, 9.17) is 55.4 Å². The number of ether oxygens (including phenoxy) is 4. The van der Waals surface area contributed by atoms with Crippen molar-refractivity contribution in [3.63, 3.8) is 0 Å². The van der Waals surface area contributed by atoms with Gasteiger partial charge in [0, 0.05) is 34.0 Å². The quantitative estimate of drug-likeness (QED) is 0.433. The molecule has 0 saturated carbocycles. The van der Waals surface area contributed by atoms with Gasteiger partial charge < -0.3 is 32.9 Å². The second kappa shape index (κ2) is 9.17. The Hall–Kier alpha value is 0.565. The third kappa shape index (κ3) is 5.77. The van der Waals surface area contributed by atoms with Crippen LogP contribution in [0.25, 0.3) is 0 Å². The van der Waals surface area contributed by atoms with Crippen LogP contribution in [0.1, 0.15) is 19.8 Å². The maximum Gasteiger partial charge on any atom is 0.324 e. The zero-order valence-corrected chi connectivity index (χ0v) is 16.4. The summed E-state index contributed by atoms with van der Waals surface area (Å²) in [6, 6.07) is -0.737. The molecule has 0 aliphatic carbocycles. The Morgan fingerprint density at radius 2 is 2.12 bits per heavy atom. The minimum Gasteiger partial charge on any atom is -0.382 e. The van der Waals surface area contributed by atoms with E-state index >= 15 is 0 Å². The molecule has 2 heterocycles. The first kappa shape index (κ1) is 21.9. The molecule has 7 atom stereocenters. The summed E-state index contributed by atoms with van der Waals surface area (Å²) in [5.74, 6) is 0. The van der Waals surface area contributed by atoms with Gasteiger partial charge in [0.2, 0.25) is 0 Å². The lowest BCUT2D eigenvalue weighted by Gasteiger charge is -2.32. The van der Waals surface area contributed by atoms with Gasteiger partial charge in [-0.2, -0.15) is 0 Å². The van der Waals surface area contributed by atoms with Crippen LogP contribution in [0.15, 0.2) is 0 Å². The molecule has 2 aliphatic heterocycles. The van der Waals surface area contributed by atoms with Crippen LogP contribution in [0.4, 0.5) is 0 Å². The van der Waals surface area contributed by atoms with Gasteiger partial charge in [-0.05, 0) is 31.6 Å². The van der Waals surface area contributed by atoms with Crippen molar-refractivity contribution in [1.82, 2.24) is 0 Å². The average molecular weight is 387 g/mol. The van der Waals surface area contributed by atoms with E-state index in [1.54, 1.807) is 21.1 Å². The highest BCUT2D eigenvalue weighted by molar-refractivity contribution is 8.07. The Labute approximate surface area is 157 Å². The molecule has 2 rings (SSSR count). The van der Waals surface area contributed by atoms with Crippen LogP contribution in [0.5, 0.6) is 0 Å². The highest BCUT2D eigenvalue weighted by atomic mass is 32.5. The number of hydrogen-bond acceptors (Lipinski definition) is 7. The third-order valence-corrected chi connectivity index (χ3v) is 5.96. The molecule has 0 bridgehead atoms. The Kier molecular flexibility index (Phi) is 8.02. The van der Waals surface area contributed by atoms with Gasteiger partial charge in [-0.1, -0.05) is 0 Å². The van der Waals surface area contributed by atoms with E-state index in [-0.39, 0.29) is 31.4 Å². The molecule has 1 N–H and O–H groups in total. The number of hydrogen-bond donors (Lipinski definition) is 1. The third-order valence-electron chi connectivity index (χ3n) is 4.39. The van der Waals surface area contributed by atoms with Crippen molar-refractivity contribution in [2.45, 2.75) is 55.7 Å². The summed E-state index contributed by atoms with van der Waals surface area (Å²) in [6.07, 6.45) is -0.117. The van der Waals surface area contributed by atoms with Crippen molar-refractivity contribution in [2.24, 2.45) is 0 Å². The first-order chi connectivity index (χ1) is 11.7. The van der Waals surface area contributed by atoms with Crippen molar-refractivity contribution >= 4 is 41.3 Å². The summed E-state index contributed by atoms with van der Waals surface area (Å²) < 4.78 is 33.0. The van der Waals surface area contributed by atoms with E-state index in [9.17, 15) is 4.89 Å². The molecule has 0 aromatic carbocycles. The van der Waals surface area contributed by atoms with Crippen LogP contribution < -0.4 is 0 Å². The fourth-order valence-corrected chi connectivity index (χ4v) is 4.65. The van der Waals surface area contributed by atoms with Gasteiger partial charge in [0.05, 0.1) is 32.6 Å². The molecule has 7 nitrogen and oxygen atoms in total. The normalized spacial score (nSPS) is 40.9. The predicted molar refractivity (Wildman–Crippen MR) is 98.4 cm³/mol. The largest absolute Gasteiger partial charge is 0.382 e. The zero-order chi connectivity index (χ0) is 18.7. The highest BCUT2D eigenvalue weighted by Gasteiger charge is 2.47. The van der Waals surface area contributed by atoms with Gasteiger partial charge in [0.25, 0.3) is 0 Å². The highest BCUT2D eigenvalue weighted by Crippen LogP contribution is 2.50. The molecule has 5 radical (unpaired) electrons. The van der Waals surface area contributed by atoms with Crippen molar-refractivity contribution in [3.8, 4) is 0 Å². The molecule has 3 unspecified atom stereocenters. The van der Waals surface area contributed by atoms with Crippen molar-refractivity contribution < 1.29 is 32.9 Å². The van der Waals surface area contributed by atoms with E-state index in [1.165, 1.54) is 7.17 Å². The average Bonchev–Trinajstić information content (AvgIpc) is 3.06. The maximum absolute atomic E-state index is 10.4. The lowest BCUT2D eigenvalue weighted by molar-refractivity contribution is -0.0909. The lowest BCUT2D eigenvalue weighted by atomic mass is 9.51. The molecule has 0 spiro atoms. The Morgan fingerprint density at radius 1 is 1.40 bits per heavy atom. The smallest absolute Gasteiger partial charge is 0.324 e. The summed E-state index contributed by atoms with van der Waals surface area (Å²) in [5.41, 5.74) is -0.803. The lowest BCUT2D eigenvalue weighted by Crippen LogP contribution is -2.42. The van der Waals surface area contributed by atoms with Crippen LogP contribution >= 0.6 is 6.72 Å². The van der Waals surface area contributed by atoms with Crippen molar-refractivity contribution in [2.75, 3.05) is 27.4 Å². The van der Waals surface area contributed by atoms with Gasteiger partial charge in [-0.25, -0.2) is 0 Å².